The van der Waals surface area contributed by atoms with Crippen LogP contribution < -0.4 is 0 Å². The molecule has 4 nitrogen and oxygen atoms in total. The van der Waals surface area contributed by atoms with Crippen LogP contribution in [-0.4, -0.2) is 6.04 Å². The normalized spacial score (nSPS) is 14.0. The van der Waals surface area contributed by atoms with Crippen molar-refractivity contribution < 1.29 is 0 Å². The topological polar surface area (TPSA) is 54.1 Å². The summed E-state index contributed by atoms with van der Waals surface area (Å²) in [4.78, 5) is 10.9. The number of nitroso groups, excluding NO2 is 1. The molecule has 2 rings (SSSR count). The molecular formula is C17H19N3O. The monoisotopic (exact) mass is 281 g/mol. The molecule has 0 saturated heterocycles. The minimum Gasteiger partial charge on any atom is -0.178 e. The first kappa shape index (κ1) is 15.0. The molecule has 0 fully saturated rings. The van der Waals surface area contributed by atoms with E-state index in [1.165, 1.54) is 5.56 Å². The van der Waals surface area contributed by atoms with Gasteiger partial charge in [-0.3, -0.25) is 0 Å². The lowest BCUT2D eigenvalue weighted by molar-refractivity contribution is 0.567. The first-order chi connectivity index (χ1) is 10.1. The zero-order valence-electron chi connectivity index (χ0n) is 12.5. The lowest BCUT2D eigenvalue weighted by Gasteiger charge is -2.13. The predicted octanol–water partition coefficient (Wildman–Crippen LogP) is 5.28. The molecule has 0 spiro atoms. The highest BCUT2D eigenvalue weighted by Gasteiger charge is 2.19. The van der Waals surface area contributed by atoms with E-state index in [0.717, 1.165) is 16.8 Å². The van der Waals surface area contributed by atoms with Gasteiger partial charge in [0, 0.05) is 0 Å². The Morgan fingerprint density at radius 3 is 2.33 bits per heavy atom. The molecule has 0 amide bonds. The Kier molecular flexibility index (Phi) is 4.93. The molecule has 0 radical (unpaired) electrons. The van der Waals surface area contributed by atoms with Gasteiger partial charge in [0.05, 0.1) is 5.69 Å². The maximum Gasteiger partial charge on any atom is 0.122 e. The Bertz CT molecular complexity index is 638. The van der Waals surface area contributed by atoms with E-state index in [9.17, 15) is 4.91 Å². The zero-order valence-corrected chi connectivity index (χ0v) is 12.5. The number of benzene rings is 2. The summed E-state index contributed by atoms with van der Waals surface area (Å²) < 4.78 is 0. The highest BCUT2D eigenvalue weighted by molar-refractivity contribution is 5.46. The van der Waals surface area contributed by atoms with Crippen LogP contribution in [0.5, 0.6) is 0 Å². The van der Waals surface area contributed by atoms with Crippen LogP contribution in [0.2, 0.25) is 0 Å². The summed E-state index contributed by atoms with van der Waals surface area (Å²) in [5.74, 6) is 0. The summed E-state index contributed by atoms with van der Waals surface area (Å²) in [5, 5.41) is 11.8. The molecule has 2 aromatic carbocycles. The number of azo groups is 1. The Morgan fingerprint density at radius 2 is 1.71 bits per heavy atom. The van der Waals surface area contributed by atoms with Gasteiger partial charge < -0.3 is 0 Å². The van der Waals surface area contributed by atoms with Crippen molar-refractivity contribution in [2.45, 2.75) is 32.9 Å². The van der Waals surface area contributed by atoms with E-state index < -0.39 is 6.04 Å². The Morgan fingerprint density at radius 1 is 1.00 bits per heavy atom. The molecule has 0 aliphatic heterocycles. The van der Waals surface area contributed by atoms with Crippen molar-refractivity contribution >= 4 is 5.69 Å². The molecule has 0 aliphatic carbocycles. The average Bonchev–Trinajstić information content (AvgIpc) is 2.50. The molecule has 0 aliphatic rings. The lowest BCUT2D eigenvalue weighted by atomic mass is 10.0. The fourth-order valence-electron chi connectivity index (χ4n) is 2.19. The van der Waals surface area contributed by atoms with Gasteiger partial charge in [-0.15, -0.1) is 0 Å². The summed E-state index contributed by atoms with van der Waals surface area (Å²) in [7, 11) is 0. The molecule has 21 heavy (non-hydrogen) atoms. The highest BCUT2D eigenvalue weighted by atomic mass is 16.3. The smallest absolute Gasteiger partial charge is 0.122 e. The molecule has 0 heterocycles. The highest BCUT2D eigenvalue weighted by Crippen LogP contribution is 2.27. The first-order valence-corrected chi connectivity index (χ1v) is 6.97. The molecular weight excluding hydrogens is 262 g/mol. The van der Waals surface area contributed by atoms with E-state index in [-0.39, 0.29) is 6.04 Å². The van der Waals surface area contributed by atoms with Crippen molar-refractivity contribution in [2.24, 2.45) is 15.4 Å². The van der Waals surface area contributed by atoms with Crippen LogP contribution in [0, 0.1) is 18.8 Å². The largest absolute Gasteiger partial charge is 0.178 e. The summed E-state index contributed by atoms with van der Waals surface area (Å²) in [5.41, 5.74) is 4.02. The fourth-order valence-corrected chi connectivity index (χ4v) is 2.19. The number of hydrogen-bond donors (Lipinski definition) is 0. The van der Waals surface area contributed by atoms with Gasteiger partial charge in [0.25, 0.3) is 0 Å². The van der Waals surface area contributed by atoms with E-state index in [1.807, 2.05) is 56.3 Å². The molecule has 0 aromatic heterocycles. The SMILES string of the molecule is Cc1ccc(N=NC(c2ccccc2)C(C)N=O)c(C)c1. The molecule has 0 saturated carbocycles. The molecule has 4 heteroatoms. The van der Waals surface area contributed by atoms with Crippen LogP contribution in [0.15, 0.2) is 63.9 Å². The van der Waals surface area contributed by atoms with Crippen LogP contribution in [0.1, 0.15) is 29.7 Å². The maximum absolute atomic E-state index is 10.9. The number of aryl methyl sites for hydroxylation is 2. The van der Waals surface area contributed by atoms with Gasteiger partial charge >= 0.3 is 0 Å². The zero-order chi connectivity index (χ0) is 15.2. The molecule has 2 aromatic rings. The third-order valence-corrected chi connectivity index (χ3v) is 3.41. The van der Waals surface area contributed by atoms with Gasteiger partial charge in [0.15, 0.2) is 0 Å². The predicted molar refractivity (Wildman–Crippen MR) is 84.9 cm³/mol. The van der Waals surface area contributed by atoms with E-state index in [2.05, 4.69) is 21.5 Å². The standard InChI is InChI=1S/C17H19N3O/c1-12-9-10-16(13(2)11-12)18-19-17(14(3)20-21)15-7-5-4-6-8-15/h4-11,14,17H,1-3H3. The fraction of sp³-hybridized carbons (Fsp3) is 0.294. The van der Waals surface area contributed by atoms with Crippen LogP contribution in [0.4, 0.5) is 5.69 Å². The molecule has 2 unspecified atom stereocenters. The van der Waals surface area contributed by atoms with Crippen molar-refractivity contribution in [3.8, 4) is 0 Å². The number of nitrogens with zero attached hydrogens (tertiary/aromatic N) is 3. The van der Waals surface area contributed by atoms with Gasteiger partial charge in [0.1, 0.15) is 12.1 Å². The summed E-state index contributed by atoms with van der Waals surface area (Å²) in [6.45, 7) is 5.80. The second-order valence-electron chi connectivity index (χ2n) is 5.21. The first-order valence-electron chi connectivity index (χ1n) is 6.97. The second kappa shape index (κ2) is 6.88. The third-order valence-electron chi connectivity index (χ3n) is 3.41. The molecule has 0 bridgehead atoms. The van der Waals surface area contributed by atoms with Crippen LogP contribution in [-0.2, 0) is 0 Å². The molecule has 108 valence electrons. The van der Waals surface area contributed by atoms with E-state index in [0.29, 0.717) is 0 Å². The van der Waals surface area contributed by atoms with E-state index >= 15 is 0 Å². The summed E-state index contributed by atoms with van der Waals surface area (Å²) >= 11 is 0. The van der Waals surface area contributed by atoms with Gasteiger partial charge in [-0.05, 0) is 38.0 Å². The summed E-state index contributed by atoms with van der Waals surface area (Å²) in [6.07, 6.45) is 0. The van der Waals surface area contributed by atoms with Crippen molar-refractivity contribution in [1.82, 2.24) is 0 Å². The van der Waals surface area contributed by atoms with Gasteiger partial charge in [-0.25, -0.2) is 0 Å². The van der Waals surface area contributed by atoms with Crippen LogP contribution in [0.25, 0.3) is 0 Å². The average molecular weight is 281 g/mol. The van der Waals surface area contributed by atoms with Gasteiger partial charge in [-0.2, -0.15) is 15.1 Å². The minimum atomic E-state index is -0.457. The Labute approximate surface area is 124 Å². The minimum absolute atomic E-state index is 0.357. The third kappa shape index (κ3) is 3.81. The quantitative estimate of drug-likeness (QED) is 0.543. The van der Waals surface area contributed by atoms with E-state index in [1.54, 1.807) is 6.92 Å². The van der Waals surface area contributed by atoms with Crippen molar-refractivity contribution in [1.29, 1.82) is 0 Å². The van der Waals surface area contributed by atoms with Crippen LogP contribution >= 0.6 is 0 Å². The molecule has 2 atom stereocenters. The Hall–Kier alpha value is -2.36. The number of rotatable bonds is 5. The van der Waals surface area contributed by atoms with Crippen molar-refractivity contribution in [3.05, 3.63) is 70.1 Å². The summed E-state index contributed by atoms with van der Waals surface area (Å²) in [6, 6.07) is 14.8. The second-order valence-corrected chi connectivity index (χ2v) is 5.21. The van der Waals surface area contributed by atoms with Crippen molar-refractivity contribution in [3.63, 3.8) is 0 Å². The Balaban J connectivity index is 2.30. The van der Waals surface area contributed by atoms with Gasteiger partial charge in [0.2, 0.25) is 0 Å². The maximum atomic E-state index is 10.9. The lowest BCUT2D eigenvalue weighted by Crippen LogP contribution is -2.09. The molecule has 0 N–H and O–H groups in total. The van der Waals surface area contributed by atoms with Gasteiger partial charge in [-0.1, -0.05) is 53.2 Å². The van der Waals surface area contributed by atoms with Crippen molar-refractivity contribution in [2.75, 3.05) is 0 Å². The number of hydrogen-bond acceptors (Lipinski definition) is 4. The van der Waals surface area contributed by atoms with Crippen LogP contribution in [0.3, 0.4) is 0 Å². The van der Waals surface area contributed by atoms with E-state index in [4.69, 9.17) is 0 Å².